The summed E-state index contributed by atoms with van der Waals surface area (Å²) in [6, 6.07) is 0. The predicted molar refractivity (Wildman–Crippen MR) is 47.2 cm³/mol. The Bertz CT molecular complexity index is 135. The van der Waals surface area contributed by atoms with Gasteiger partial charge in [0.25, 0.3) is 12.4 Å². The zero-order valence-electron chi connectivity index (χ0n) is 7.17. The molecule has 0 heterocycles. The molecule has 0 aromatic rings. The average molecular weight is 252 g/mol. The van der Waals surface area contributed by atoms with E-state index in [2.05, 4.69) is 0 Å². The molecule has 0 spiro atoms. The lowest BCUT2D eigenvalue weighted by atomic mass is 10.9. The fourth-order valence-corrected chi connectivity index (χ4v) is 0. The van der Waals surface area contributed by atoms with Crippen molar-refractivity contribution >= 4 is 24.8 Å². The fraction of sp³-hybridized carbons (Fsp3) is 0.333. The molecule has 3 N–H and O–H groups in total. The van der Waals surface area contributed by atoms with Crippen LogP contribution in [0.15, 0.2) is 5.34 Å². The summed E-state index contributed by atoms with van der Waals surface area (Å²) in [5, 5.41) is 36.9. The Hall–Kier alpha value is -2.17. The third-order valence-corrected chi connectivity index (χ3v) is 0. The number of carboxylic acids is 1. The first-order chi connectivity index (χ1) is 6.29. The summed E-state index contributed by atoms with van der Waals surface area (Å²) in [4.78, 5) is 33.7. The Balaban J connectivity index is -0.0000000293. The molecule has 0 amide bonds. The van der Waals surface area contributed by atoms with Crippen LogP contribution in [0.1, 0.15) is 6.92 Å². The molecule has 0 aliphatic rings. The summed E-state index contributed by atoms with van der Waals surface area (Å²) in [6.45, 7) is 0.833. The zero-order chi connectivity index (χ0) is 12.6. The lowest BCUT2D eigenvalue weighted by molar-refractivity contribution is -0.402. The van der Waals surface area contributed by atoms with Crippen molar-refractivity contribution in [3.8, 4) is 0 Å². The Morgan fingerprint density at radius 2 is 1.47 bits per heavy atom. The second-order valence-corrected chi connectivity index (χ2v) is 0.930. The highest BCUT2D eigenvalue weighted by Gasteiger charge is 1.65. The van der Waals surface area contributed by atoms with Crippen molar-refractivity contribution in [2.75, 3.05) is 0 Å². The summed E-state index contributed by atoms with van der Waals surface area (Å²) >= 11 is 0. The number of rotatable bonds is 0. The highest BCUT2D eigenvalue weighted by Crippen LogP contribution is 1.44. The maximum atomic E-state index is 9.00. The molecule has 0 saturated carbocycles. The van der Waals surface area contributed by atoms with Crippen molar-refractivity contribution < 1.29 is 30.1 Å². The van der Waals surface area contributed by atoms with Crippen molar-refractivity contribution in [1.29, 1.82) is 0 Å². The smallest absolute Gasteiger partial charge is 0.300 e. The second-order valence-electron chi connectivity index (χ2n) is 0.930. The van der Waals surface area contributed by atoms with Crippen LogP contribution in [0.5, 0.6) is 0 Å². The summed E-state index contributed by atoms with van der Waals surface area (Å²) < 4.78 is 0. The van der Waals surface area contributed by atoms with Crippen LogP contribution in [0.4, 0.5) is 0 Å². The van der Waals surface area contributed by atoms with Gasteiger partial charge in [0.2, 0.25) is 0 Å². The van der Waals surface area contributed by atoms with Gasteiger partial charge in [-0.1, -0.05) is 0 Å². The molecule has 0 aliphatic carbocycles. The Morgan fingerprint density at radius 3 is 1.47 bits per heavy atom. The van der Waals surface area contributed by atoms with Crippen molar-refractivity contribution in [3.05, 3.63) is 20.2 Å². The van der Waals surface area contributed by atoms with Gasteiger partial charge in [0.05, 0.1) is 5.09 Å². The maximum absolute atomic E-state index is 9.00. The summed E-state index contributed by atoms with van der Waals surface area (Å²) in [6.07, 6.45) is 0. The fourth-order valence-electron chi connectivity index (χ4n) is 0. The third-order valence-electron chi connectivity index (χ3n) is 0. The van der Waals surface area contributed by atoms with Gasteiger partial charge in [-0.2, -0.15) is 0 Å². The van der Waals surface area contributed by atoms with Crippen molar-refractivity contribution in [2.24, 2.45) is 5.34 Å². The van der Waals surface area contributed by atoms with Gasteiger partial charge in [0.1, 0.15) is 0 Å². The summed E-state index contributed by atoms with van der Waals surface area (Å²) in [7, 11) is 0. The number of halogens is 1. The molecule has 0 unspecified atom stereocenters. The first-order valence-electron chi connectivity index (χ1n) is 2.35. The van der Waals surface area contributed by atoms with Crippen molar-refractivity contribution in [1.82, 2.24) is 0 Å². The average Bonchev–Trinajstić information content (AvgIpc) is 1.85. The number of aliphatic carboxylic acids is 1. The molecule has 92 valence electrons. The van der Waals surface area contributed by atoms with Crippen LogP contribution in [0.25, 0.3) is 0 Å². The Kier molecular flexibility index (Phi) is 79.7. The highest BCUT2D eigenvalue weighted by molar-refractivity contribution is 5.85. The normalized spacial score (nSPS) is 4.87. The van der Waals surface area contributed by atoms with E-state index < -0.39 is 11.1 Å². The van der Waals surface area contributed by atoms with Gasteiger partial charge in [0, 0.05) is 6.92 Å². The van der Waals surface area contributed by atoms with Gasteiger partial charge in [-0.05, 0) is 0 Å². The van der Waals surface area contributed by atoms with Crippen LogP contribution >= 0.6 is 12.4 Å². The van der Waals surface area contributed by atoms with Crippen LogP contribution in [0.2, 0.25) is 0 Å². The summed E-state index contributed by atoms with van der Waals surface area (Å²) in [5.41, 5.74) is 0. The monoisotopic (exact) mass is 251 g/mol. The molecule has 15 heavy (non-hydrogen) atoms. The molecule has 0 fully saturated rings. The number of carbonyl (C=O) groups is 2. The van der Waals surface area contributed by atoms with Gasteiger partial charge < -0.3 is 30.7 Å². The number of hydrogen-bond acceptors (Lipinski definition) is 7. The molecule has 0 bridgehead atoms. The minimum absolute atomic E-state index is 0. The number of nitrogens with zero attached hydrogens (tertiary/aromatic N) is 2. The van der Waals surface area contributed by atoms with E-state index in [0.29, 0.717) is 0 Å². The van der Waals surface area contributed by atoms with Crippen molar-refractivity contribution in [3.63, 3.8) is 0 Å². The lowest BCUT2D eigenvalue weighted by Gasteiger charge is -1.74. The zero-order valence-corrected chi connectivity index (χ0v) is 7.99. The lowest BCUT2D eigenvalue weighted by Crippen LogP contribution is -1.78. The Labute approximate surface area is 88.4 Å². The summed E-state index contributed by atoms with van der Waals surface area (Å²) in [5.74, 6) is -0.833. The first kappa shape index (κ1) is 29.3. The van der Waals surface area contributed by atoms with E-state index in [0.717, 1.165) is 6.92 Å². The number of carboxylic acid groups (broad SMARTS) is 2. The van der Waals surface area contributed by atoms with E-state index in [1.165, 1.54) is 5.34 Å². The van der Waals surface area contributed by atoms with Gasteiger partial charge in [-0.25, -0.2) is 0 Å². The largest absolute Gasteiger partial charge is 0.483 e. The SMILES string of the molecule is CC(=O)O.Cl.O=CO.O=NO.O=[N+]([O-])[O-]. The quantitative estimate of drug-likeness (QED) is 0.232. The van der Waals surface area contributed by atoms with Gasteiger partial charge >= 0.3 is 0 Å². The molecular formula is C3H8ClN2O9-. The minimum Gasteiger partial charge on any atom is -0.483 e. The molecular weight excluding hydrogens is 243 g/mol. The number of hydrogen-bond donors (Lipinski definition) is 3. The van der Waals surface area contributed by atoms with Crippen molar-refractivity contribution in [2.45, 2.75) is 6.92 Å². The van der Waals surface area contributed by atoms with Crippen LogP contribution < -0.4 is 0 Å². The third kappa shape index (κ3) is 243. The molecule has 0 saturated heterocycles. The minimum atomic E-state index is -1.75. The van der Waals surface area contributed by atoms with E-state index in [4.69, 9.17) is 45.2 Å². The van der Waals surface area contributed by atoms with Crippen LogP contribution in [-0.2, 0) is 9.59 Å². The van der Waals surface area contributed by atoms with Gasteiger partial charge in [-0.15, -0.1) is 17.3 Å². The highest BCUT2D eigenvalue weighted by atomic mass is 35.5. The Morgan fingerprint density at radius 1 is 1.47 bits per heavy atom. The molecule has 12 heteroatoms. The van der Waals surface area contributed by atoms with E-state index in [9.17, 15) is 0 Å². The predicted octanol–water partition coefficient (Wildman–Crippen LogP) is 0.116. The molecule has 11 nitrogen and oxygen atoms in total. The van der Waals surface area contributed by atoms with Crippen LogP contribution in [0.3, 0.4) is 0 Å². The molecule has 0 aromatic carbocycles. The molecule has 0 rings (SSSR count). The van der Waals surface area contributed by atoms with E-state index in [-0.39, 0.29) is 18.9 Å². The van der Waals surface area contributed by atoms with E-state index in [1.807, 2.05) is 0 Å². The second kappa shape index (κ2) is 40.8. The molecule has 0 aliphatic heterocycles. The molecule has 0 aromatic heterocycles. The first-order valence-corrected chi connectivity index (χ1v) is 2.35. The standard InChI is InChI=1S/C2H4O2.CH2O2.ClH.NO3.HNO2/c1-2(3)4;2-1-3;;2-1(3)4;2-1-3/h1H3,(H,3,4);1H,(H,2,3);1H;;(H,2,3)/q;;;-1;. The van der Waals surface area contributed by atoms with Gasteiger partial charge in [0.15, 0.2) is 5.34 Å². The molecule has 0 radical (unpaired) electrons. The topological polar surface area (TPSA) is 190 Å². The maximum Gasteiger partial charge on any atom is 0.300 e. The van der Waals surface area contributed by atoms with E-state index >= 15 is 0 Å². The van der Waals surface area contributed by atoms with Gasteiger partial charge in [-0.3, -0.25) is 9.59 Å². The van der Waals surface area contributed by atoms with Crippen LogP contribution in [0, 0.1) is 20.2 Å². The van der Waals surface area contributed by atoms with Crippen LogP contribution in [-0.4, -0.2) is 32.9 Å². The molecule has 0 atom stereocenters. The van der Waals surface area contributed by atoms with E-state index in [1.54, 1.807) is 0 Å².